The monoisotopic (exact) mass is 624 g/mol. The maximum absolute atomic E-state index is 12.3. The van der Waals surface area contributed by atoms with Crippen LogP contribution in [-0.4, -0.2) is 37.2 Å². The van der Waals surface area contributed by atoms with E-state index in [-0.39, 0.29) is 28.8 Å². The summed E-state index contributed by atoms with van der Waals surface area (Å²) in [6, 6.07) is 29.5. The fourth-order valence-electron chi connectivity index (χ4n) is 4.28. The molecule has 6 heteroatoms. The Hall–Kier alpha value is -4.55. The van der Waals surface area contributed by atoms with Gasteiger partial charge in [-0.1, -0.05) is 90.1 Å². The van der Waals surface area contributed by atoms with Crippen molar-refractivity contribution in [2.24, 2.45) is 0 Å². The van der Waals surface area contributed by atoms with E-state index in [9.17, 15) is 19.5 Å². The number of carbonyl (C=O) groups excluding carboxylic acids is 3. The van der Waals surface area contributed by atoms with E-state index in [1.165, 1.54) is 11.1 Å². The Bertz CT molecular complexity index is 1520. The predicted octanol–water partition coefficient (Wildman–Crippen LogP) is 8.99. The minimum Gasteiger partial charge on any atom is -0.497 e. The quantitative estimate of drug-likeness (QED) is 0.155. The second kappa shape index (κ2) is 17.2. The van der Waals surface area contributed by atoms with Gasteiger partial charge in [-0.25, -0.2) is 0 Å². The van der Waals surface area contributed by atoms with Crippen molar-refractivity contribution < 1.29 is 29.0 Å². The number of aliphatic hydroxyl groups excluding tert-OH is 1. The molecule has 0 fully saturated rings. The molecule has 0 saturated carbocycles. The molecule has 1 N–H and O–H groups in total. The molecule has 46 heavy (non-hydrogen) atoms. The molecular formula is C40H48O6. The van der Waals surface area contributed by atoms with Crippen molar-refractivity contribution in [2.75, 3.05) is 14.2 Å². The first-order chi connectivity index (χ1) is 21.6. The van der Waals surface area contributed by atoms with Crippen LogP contribution in [0.2, 0.25) is 0 Å². The Morgan fingerprint density at radius 2 is 1.04 bits per heavy atom. The number of aliphatic hydroxyl groups is 1. The topological polar surface area (TPSA) is 89.9 Å². The molecule has 244 valence electrons. The zero-order valence-corrected chi connectivity index (χ0v) is 28.6. The molecule has 0 aliphatic heterocycles. The third kappa shape index (κ3) is 12.1. The van der Waals surface area contributed by atoms with Gasteiger partial charge in [0.1, 0.15) is 17.8 Å². The molecule has 0 aliphatic carbocycles. The van der Waals surface area contributed by atoms with Gasteiger partial charge in [-0.05, 0) is 83.0 Å². The van der Waals surface area contributed by atoms with E-state index in [1.807, 2.05) is 48.5 Å². The highest BCUT2D eigenvalue weighted by Crippen LogP contribution is 2.26. The van der Waals surface area contributed by atoms with E-state index >= 15 is 0 Å². The summed E-state index contributed by atoms with van der Waals surface area (Å²) >= 11 is 0. The summed E-state index contributed by atoms with van der Waals surface area (Å²) in [6.07, 6.45) is 0.145. The van der Waals surface area contributed by atoms with Gasteiger partial charge in [0.25, 0.3) is 0 Å². The lowest BCUT2D eigenvalue weighted by atomic mass is 9.86. The van der Waals surface area contributed by atoms with E-state index in [2.05, 4.69) is 41.5 Å². The van der Waals surface area contributed by atoms with Gasteiger partial charge in [-0.3, -0.25) is 14.4 Å². The van der Waals surface area contributed by atoms with Crippen molar-refractivity contribution in [3.05, 3.63) is 130 Å². The molecule has 0 heterocycles. The third-order valence-electron chi connectivity index (χ3n) is 7.36. The molecule has 4 aromatic carbocycles. The number of aldehydes is 1. The Balaban J connectivity index is 0.000000268. The van der Waals surface area contributed by atoms with Crippen LogP contribution in [0.3, 0.4) is 0 Å². The normalized spacial score (nSPS) is 11.5. The summed E-state index contributed by atoms with van der Waals surface area (Å²) in [4.78, 5) is 33.4. The Kier molecular flexibility index (Phi) is 14.1. The summed E-state index contributed by atoms with van der Waals surface area (Å²) in [6.45, 7) is 14.4. The van der Waals surface area contributed by atoms with Gasteiger partial charge in [0.2, 0.25) is 0 Å². The number of hydrogen-bond acceptors (Lipinski definition) is 6. The molecule has 0 aromatic heterocycles. The molecule has 6 nitrogen and oxygen atoms in total. The highest BCUT2D eigenvalue weighted by Gasteiger charge is 2.17. The lowest BCUT2D eigenvalue weighted by molar-refractivity contribution is 0.0879. The van der Waals surface area contributed by atoms with Crippen LogP contribution in [-0.2, 0) is 10.8 Å². The second-order valence-corrected chi connectivity index (χ2v) is 13.0. The van der Waals surface area contributed by atoms with Crippen LogP contribution in [0.5, 0.6) is 11.5 Å². The van der Waals surface area contributed by atoms with E-state index in [4.69, 9.17) is 9.47 Å². The van der Waals surface area contributed by atoms with Crippen LogP contribution < -0.4 is 9.47 Å². The number of hydrogen-bond donors (Lipinski definition) is 1. The summed E-state index contributed by atoms with van der Waals surface area (Å²) in [5, 5.41) is 10.3. The molecule has 0 radical (unpaired) electrons. The summed E-state index contributed by atoms with van der Waals surface area (Å²) in [5.74, 6) is 1.47. The van der Waals surface area contributed by atoms with Crippen LogP contribution in [0.4, 0.5) is 0 Å². The van der Waals surface area contributed by atoms with Gasteiger partial charge in [-0.2, -0.15) is 0 Å². The van der Waals surface area contributed by atoms with Crippen molar-refractivity contribution >= 4 is 17.9 Å². The fraction of sp³-hybridized carbons (Fsp3) is 0.325. The maximum atomic E-state index is 12.3. The zero-order valence-electron chi connectivity index (χ0n) is 28.6. The average Bonchev–Trinajstić information content (AvgIpc) is 3.04. The lowest BCUT2D eigenvalue weighted by Gasteiger charge is -2.20. The van der Waals surface area contributed by atoms with Crippen molar-refractivity contribution in [1.82, 2.24) is 0 Å². The third-order valence-corrected chi connectivity index (χ3v) is 7.36. The van der Waals surface area contributed by atoms with Gasteiger partial charge in [0.15, 0.2) is 11.6 Å². The van der Waals surface area contributed by atoms with Gasteiger partial charge in [0, 0.05) is 23.1 Å². The molecule has 1 unspecified atom stereocenters. The molecule has 4 aromatic rings. The number of Topliss-reactive ketones (excluding diaryl/α,β-unsaturated/α-hetero) is 2. The van der Waals surface area contributed by atoms with Crippen LogP contribution >= 0.6 is 0 Å². The summed E-state index contributed by atoms with van der Waals surface area (Å²) in [5.41, 5.74) is 5.50. The molecular weight excluding hydrogens is 576 g/mol. The van der Waals surface area contributed by atoms with Gasteiger partial charge >= 0.3 is 0 Å². The standard InChI is InChI=1S/C20H24O3.C11H14O.C9H10O2/c1-20(2,3)16-9-5-14(6-10-16)18(21)13-19(22)15-7-11-17(23-4)12-8-15;1-11(2,3)10-6-4-9(8-12)5-7-10;1-7(10)8-3-5-9(11-2)6-4-8/h5-12,18,21H,13H2,1-4H3;4-8H,1-3H3;3-6H,1-2H3. The molecule has 0 saturated heterocycles. The molecule has 0 spiro atoms. The number of benzene rings is 4. The summed E-state index contributed by atoms with van der Waals surface area (Å²) in [7, 11) is 3.19. The SMILES string of the molecule is CC(C)(C)c1ccc(C=O)cc1.COc1ccc(C(=O)CC(O)c2ccc(C(C)(C)C)cc2)cc1.COc1ccc(C(C)=O)cc1. The van der Waals surface area contributed by atoms with E-state index < -0.39 is 6.10 Å². The average molecular weight is 625 g/mol. The van der Waals surface area contributed by atoms with E-state index in [1.54, 1.807) is 69.7 Å². The number of rotatable bonds is 8. The predicted molar refractivity (Wildman–Crippen MR) is 186 cm³/mol. The Morgan fingerprint density at radius 3 is 1.39 bits per heavy atom. The van der Waals surface area contributed by atoms with Crippen LogP contribution in [0, 0.1) is 0 Å². The first-order valence-electron chi connectivity index (χ1n) is 15.3. The van der Waals surface area contributed by atoms with Crippen LogP contribution in [0.1, 0.15) is 109 Å². The second-order valence-electron chi connectivity index (χ2n) is 13.0. The highest BCUT2D eigenvalue weighted by molar-refractivity contribution is 5.96. The fourth-order valence-corrected chi connectivity index (χ4v) is 4.28. The number of ether oxygens (including phenoxy) is 2. The van der Waals surface area contributed by atoms with Gasteiger partial charge < -0.3 is 14.6 Å². The van der Waals surface area contributed by atoms with Gasteiger partial charge in [-0.15, -0.1) is 0 Å². The van der Waals surface area contributed by atoms with Crippen molar-refractivity contribution in [1.29, 1.82) is 0 Å². The lowest BCUT2D eigenvalue weighted by Crippen LogP contribution is -2.12. The number of methoxy groups -OCH3 is 2. The Labute approximate surface area is 274 Å². The Morgan fingerprint density at radius 1 is 0.652 bits per heavy atom. The zero-order chi connectivity index (χ0) is 34.5. The molecule has 0 bridgehead atoms. The van der Waals surface area contributed by atoms with Crippen LogP contribution in [0.25, 0.3) is 0 Å². The smallest absolute Gasteiger partial charge is 0.165 e. The van der Waals surface area contributed by atoms with Gasteiger partial charge in [0.05, 0.1) is 20.3 Å². The largest absolute Gasteiger partial charge is 0.497 e. The summed E-state index contributed by atoms with van der Waals surface area (Å²) < 4.78 is 10.0. The molecule has 4 rings (SSSR count). The van der Waals surface area contributed by atoms with E-state index in [0.717, 1.165) is 23.2 Å². The van der Waals surface area contributed by atoms with Crippen molar-refractivity contribution in [3.8, 4) is 11.5 Å². The van der Waals surface area contributed by atoms with Crippen molar-refractivity contribution in [3.63, 3.8) is 0 Å². The van der Waals surface area contributed by atoms with E-state index in [0.29, 0.717) is 16.9 Å². The maximum Gasteiger partial charge on any atom is 0.165 e. The minimum absolute atomic E-state index is 0.0706. The highest BCUT2D eigenvalue weighted by atomic mass is 16.5. The molecule has 0 aliphatic rings. The first kappa shape index (κ1) is 37.6. The van der Waals surface area contributed by atoms with Crippen molar-refractivity contribution in [2.45, 2.75) is 71.8 Å². The van der Waals surface area contributed by atoms with Crippen LogP contribution in [0.15, 0.2) is 97.1 Å². The molecule has 0 amide bonds. The number of carbonyl (C=O) groups is 3. The first-order valence-corrected chi connectivity index (χ1v) is 15.3. The molecule has 1 atom stereocenters. The minimum atomic E-state index is -0.793. The number of ketones is 2.